The predicted octanol–water partition coefficient (Wildman–Crippen LogP) is 2.17. The molecule has 1 aliphatic rings. The number of rotatable bonds is 0. The van der Waals surface area contributed by atoms with Gasteiger partial charge in [-0.25, -0.2) is 0 Å². The van der Waals surface area contributed by atoms with Crippen molar-refractivity contribution in [1.82, 2.24) is 0 Å². The second-order valence-electron chi connectivity index (χ2n) is 2.47. The van der Waals surface area contributed by atoms with Crippen molar-refractivity contribution >= 4 is 11.8 Å². The van der Waals surface area contributed by atoms with Crippen LogP contribution in [0.3, 0.4) is 0 Å². The molecule has 2 heteroatoms. The Kier molecular flexibility index (Phi) is 1.54. The molecule has 1 unspecified atom stereocenters. The van der Waals surface area contributed by atoms with Gasteiger partial charge in [0.05, 0.1) is 11.5 Å². The monoisotopic (exact) mass is 139 g/mol. The lowest BCUT2D eigenvalue weighted by atomic mass is 9.90. The molecule has 0 aliphatic carbocycles. The fourth-order valence-electron chi connectivity index (χ4n) is 0.795. The van der Waals surface area contributed by atoms with E-state index in [1.165, 1.54) is 0 Å². The zero-order chi connectivity index (χ0) is 6.91. The molecule has 1 atom stereocenters. The lowest BCUT2D eigenvalue weighted by molar-refractivity contribution is 0.560. The van der Waals surface area contributed by atoms with E-state index < -0.39 is 0 Å². The second kappa shape index (κ2) is 2.07. The Labute approximate surface area is 59.7 Å². The summed E-state index contributed by atoms with van der Waals surface area (Å²) in [5, 5.41) is 8.67. The summed E-state index contributed by atoms with van der Waals surface area (Å²) >= 11 is 1.71. The van der Waals surface area contributed by atoms with E-state index in [4.69, 9.17) is 5.26 Å². The Morgan fingerprint density at radius 3 is 2.78 bits per heavy atom. The average molecular weight is 139 g/mol. The molecule has 0 amide bonds. The number of thioether (sulfide) groups is 1. The molecule has 9 heavy (non-hydrogen) atoms. The highest BCUT2D eigenvalue weighted by Crippen LogP contribution is 2.44. The summed E-state index contributed by atoms with van der Waals surface area (Å²) in [6.07, 6.45) is 0.965. The number of allylic oxidation sites excluding steroid dienone is 1. The van der Waals surface area contributed by atoms with E-state index in [0.29, 0.717) is 0 Å². The van der Waals surface area contributed by atoms with Gasteiger partial charge in [-0.15, -0.1) is 11.8 Å². The zero-order valence-corrected chi connectivity index (χ0v) is 6.29. The van der Waals surface area contributed by atoms with Crippen LogP contribution in [-0.2, 0) is 0 Å². The minimum Gasteiger partial charge on any atom is -0.197 e. The third kappa shape index (κ3) is 0.972. The Hall–Kier alpha value is -0.420. The van der Waals surface area contributed by atoms with Crippen molar-refractivity contribution < 1.29 is 0 Å². The van der Waals surface area contributed by atoms with E-state index in [-0.39, 0.29) is 5.41 Å². The van der Waals surface area contributed by atoms with E-state index in [1.807, 2.05) is 6.92 Å². The minimum atomic E-state index is -0.231. The molecule has 48 valence electrons. The van der Waals surface area contributed by atoms with Gasteiger partial charge in [0, 0.05) is 0 Å². The summed E-state index contributed by atoms with van der Waals surface area (Å²) in [5.74, 6) is 1.06. The topological polar surface area (TPSA) is 23.8 Å². The summed E-state index contributed by atoms with van der Waals surface area (Å²) in [7, 11) is 0. The first kappa shape index (κ1) is 6.70. The molecule has 0 radical (unpaired) electrons. The van der Waals surface area contributed by atoms with Gasteiger partial charge in [-0.1, -0.05) is 6.58 Å². The number of nitriles is 1. The lowest BCUT2D eigenvalue weighted by Crippen LogP contribution is -2.08. The highest BCUT2D eigenvalue weighted by Gasteiger charge is 2.32. The van der Waals surface area contributed by atoms with Crippen LogP contribution in [0.25, 0.3) is 0 Å². The molecule has 0 aromatic rings. The van der Waals surface area contributed by atoms with E-state index >= 15 is 0 Å². The summed E-state index contributed by atoms with van der Waals surface area (Å²) in [5.41, 5.74) is -0.231. The van der Waals surface area contributed by atoms with Crippen LogP contribution in [0.2, 0.25) is 0 Å². The molecular formula is C7H9NS. The fraction of sp³-hybridized carbons (Fsp3) is 0.571. The highest BCUT2D eigenvalue weighted by molar-refractivity contribution is 8.03. The van der Waals surface area contributed by atoms with Gasteiger partial charge in [-0.3, -0.25) is 0 Å². The van der Waals surface area contributed by atoms with E-state index in [0.717, 1.165) is 17.1 Å². The quantitative estimate of drug-likeness (QED) is 0.513. The van der Waals surface area contributed by atoms with Crippen molar-refractivity contribution in [3.8, 4) is 6.07 Å². The number of hydrogen-bond donors (Lipinski definition) is 0. The first-order chi connectivity index (χ1) is 4.19. The summed E-state index contributed by atoms with van der Waals surface area (Å²) in [4.78, 5) is 1.03. The van der Waals surface area contributed by atoms with E-state index in [2.05, 4.69) is 12.6 Å². The Balaban J connectivity index is 2.82. The maximum atomic E-state index is 8.67. The summed E-state index contributed by atoms with van der Waals surface area (Å²) in [6.45, 7) is 5.77. The van der Waals surface area contributed by atoms with Gasteiger partial charge in [-0.05, 0) is 24.0 Å². The molecule has 1 saturated heterocycles. The van der Waals surface area contributed by atoms with Crippen LogP contribution in [0.1, 0.15) is 13.3 Å². The molecule has 0 bridgehead atoms. The largest absolute Gasteiger partial charge is 0.197 e. The van der Waals surface area contributed by atoms with Gasteiger partial charge >= 0.3 is 0 Å². The fourth-order valence-corrected chi connectivity index (χ4v) is 2.02. The normalized spacial score (nSPS) is 34.4. The first-order valence-corrected chi connectivity index (χ1v) is 3.91. The van der Waals surface area contributed by atoms with Crippen molar-refractivity contribution in [2.75, 3.05) is 5.75 Å². The molecule has 0 saturated carbocycles. The van der Waals surface area contributed by atoms with Crippen molar-refractivity contribution in [2.24, 2.45) is 5.41 Å². The van der Waals surface area contributed by atoms with E-state index in [1.54, 1.807) is 11.8 Å². The molecule has 1 heterocycles. The van der Waals surface area contributed by atoms with Crippen LogP contribution in [0.5, 0.6) is 0 Å². The molecular weight excluding hydrogens is 130 g/mol. The summed E-state index contributed by atoms with van der Waals surface area (Å²) in [6, 6.07) is 2.27. The molecule has 0 aromatic heterocycles. The van der Waals surface area contributed by atoms with Gasteiger partial charge < -0.3 is 0 Å². The SMILES string of the molecule is C=C1SCCC1(C)C#N. The van der Waals surface area contributed by atoms with Crippen molar-refractivity contribution in [1.29, 1.82) is 5.26 Å². The minimum absolute atomic E-state index is 0.231. The van der Waals surface area contributed by atoms with Crippen molar-refractivity contribution in [3.05, 3.63) is 11.5 Å². The predicted molar refractivity (Wildman–Crippen MR) is 39.9 cm³/mol. The Morgan fingerprint density at radius 1 is 1.89 bits per heavy atom. The van der Waals surface area contributed by atoms with Crippen LogP contribution < -0.4 is 0 Å². The lowest BCUT2D eigenvalue weighted by Gasteiger charge is -2.11. The highest BCUT2D eigenvalue weighted by atomic mass is 32.2. The molecule has 0 aromatic carbocycles. The Morgan fingerprint density at radius 2 is 2.56 bits per heavy atom. The molecule has 0 N–H and O–H groups in total. The molecule has 1 aliphatic heterocycles. The van der Waals surface area contributed by atoms with Crippen molar-refractivity contribution in [2.45, 2.75) is 13.3 Å². The van der Waals surface area contributed by atoms with Crippen LogP contribution >= 0.6 is 11.8 Å². The third-order valence-corrected chi connectivity index (χ3v) is 2.95. The molecule has 1 nitrogen and oxygen atoms in total. The van der Waals surface area contributed by atoms with Gasteiger partial charge in [0.1, 0.15) is 0 Å². The molecule has 1 fully saturated rings. The number of hydrogen-bond acceptors (Lipinski definition) is 2. The first-order valence-electron chi connectivity index (χ1n) is 2.92. The standard InChI is InChI=1S/C7H9NS/c1-6-7(2,5-8)3-4-9-6/h1,3-4H2,2H3. The summed E-state index contributed by atoms with van der Waals surface area (Å²) < 4.78 is 0. The van der Waals surface area contributed by atoms with Gasteiger partial charge in [0.25, 0.3) is 0 Å². The average Bonchev–Trinajstić information content (AvgIpc) is 2.15. The van der Waals surface area contributed by atoms with Crippen LogP contribution in [0.15, 0.2) is 11.5 Å². The molecule has 1 rings (SSSR count). The smallest absolute Gasteiger partial charge is 0.0854 e. The van der Waals surface area contributed by atoms with Crippen LogP contribution in [0.4, 0.5) is 0 Å². The van der Waals surface area contributed by atoms with Gasteiger partial charge in [0.15, 0.2) is 0 Å². The molecule has 0 spiro atoms. The van der Waals surface area contributed by atoms with Gasteiger partial charge in [0.2, 0.25) is 0 Å². The third-order valence-electron chi connectivity index (χ3n) is 1.74. The van der Waals surface area contributed by atoms with Crippen LogP contribution in [-0.4, -0.2) is 5.75 Å². The maximum Gasteiger partial charge on any atom is 0.0854 e. The van der Waals surface area contributed by atoms with Gasteiger partial charge in [-0.2, -0.15) is 5.26 Å². The number of nitrogens with zero attached hydrogens (tertiary/aromatic N) is 1. The Bertz CT molecular complexity index is 180. The van der Waals surface area contributed by atoms with E-state index in [9.17, 15) is 0 Å². The van der Waals surface area contributed by atoms with Crippen LogP contribution in [0, 0.1) is 16.7 Å². The zero-order valence-electron chi connectivity index (χ0n) is 5.48. The maximum absolute atomic E-state index is 8.67. The second-order valence-corrected chi connectivity index (χ2v) is 3.66. The van der Waals surface area contributed by atoms with Crippen molar-refractivity contribution in [3.63, 3.8) is 0 Å².